The molecule has 1 saturated heterocycles. The summed E-state index contributed by atoms with van der Waals surface area (Å²) in [7, 11) is 1.56. The summed E-state index contributed by atoms with van der Waals surface area (Å²) in [6.45, 7) is 4.21. The molecule has 0 saturated carbocycles. The third-order valence-electron chi connectivity index (χ3n) is 3.70. The van der Waals surface area contributed by atoms with E-state index >= 15 is 0 Å². The minimum Gasteiger partial charge on any atom is -0.481 e. The molecule has 9 heteroatoms. The molecule has 1 aliphatic heterocycles. The zero-order valence-electron chi connectivity index (χ0n) is 13.6. The number of anilines is 2. The van der Waals surface area contributed by atoms with Gasteiger partial charge in [-0.25, -0.2) is 4.98 Å². The van der Waals surface area contributed by atoms with Crippen molar-refractivity contribution in [1.82, 2.24) is 24.6 Å². The van der Waals surface area contributed by atoms with Crippen LogP contribution in [0, 0.1) is 0 Å². The summed E-state index contributed by atoms with van der Waals surface area (Å²) < 4.78 is 12.1. The maximum Gasteiger partial charge on any atom is 0.230 e. The van der Waals surface area contributed by atoms with E-state index < -0.39 is 6.10 Å². The number of nitrogens with zero attached hydrogens (tertiary/aromatic N) is 5. The number of β-amino-alcohol motifs (C(OH)–C–C–N with tert-alkyl or cyclic N) is 1. The fourth-order valence-corrected chi connectivity index (χ4v) is 2.53. The van der Waals surface area contributed by atoms with Gasteiger partial charge in [0.1, 0.15) is 0 Å². The first kappa shape index (κ1) is 16.6. The van der Waals surface area contributed by atoms with E-state index in [1.807, 2.05) is 6.20 Å². The normalized spacial score (nSPS) is 16.8. The second-order valence-corrected chi connectivity index (χ2v) is 5.57. The van der Waals surface area contributed by atoms with Gasteiger partial charge in [0.05, 0.1) is 44.9 Å². The Morgan fingerprint density at radius 3 is 3.00 bits per heavy atom. The average Bonchev–Trinajstić information content (AvgIpc) is 3.02. The molecule has 1 unspecified atom stereocenters. The minimum atomic E-state index is -0.482. The van der Waals surface area contributed by atoms with Gasteiger partial charge in [0, 0.05) is 38.1 Å². The lowest BCUT2D eigenvalue weighted by molar-refractivity contribution is 0.0108. The number of rotatable bonds is 7. The predicted molar refractivity (Wildman–Crippen MR) is 87.4 cm³/mol. The van der Waals surface area contributed by atoms with Crippen LogP contribution in [0.5, 0.6) is 5.88 Å². The van der Waals surface area contributed by atoms with Crippen molar-refractivity contribution >= 4 is 11.6 Å². The van der Waals surface area contributed by atoms with E-state index in [-0.39, 0.29) is 0 Å². The third-order valence-corrected chi connectivity index (χ3v) is 3.70. The first-order valence-electron chi connectivity index (χ1n) is 7.87. The van der Waals surface area contributed by atoms with Crippen molar-refractivity contribution in [2.75, 3.05) is 45.3 Å². The monoisotopic (exact) mass is 334 g/mol. The molecule has 3 heterocycles. The number of methoxy groups -OCH3 is 1. The number of hydrogen-bond donors (Lipinski definition) is 2. The van der Waals surface area contributed by atoms with Gasteiger partial charge >= 0.3 is 0 Å². The second-order valence-electron chi connectivity index (χ2n) is 5.57. The average molecular weight is 334 g/mol. The molecular formula is C15H22N6O3. The van der Waals surface area contributed by atoms with Crippen LogP contribution in [0.15, 0.2) is 24.7 Å². The largest absolute Gasteiger partial charge is 0.481 e. The van der Waals surface area contributed by atoms with E-state index in [1.54, 1.807) is 30.3 Å². The molecule has 0 aromatic carbocycles. The molecule has 2 aromatic rings. The quantitative estimate of drug-likeness (QED) is 0.737. The molecule has 3 rings (SSSR count). The van der Waals surface area contributed by atoms with Crippen LogP contribution in [-0.2, 0) is 11.3 Å². The molecule has 1 atom stereocenters. The highest BCUT2D eigenvalue weighted by Gasteiger charge is 2.15. The van der Waals surface area contributed by atoms with Crippen molar-refractivity contribution in [1.29, 1.82) is 0 Å². The topological polar surface area (TPSA) is 97.6 Å². The number of ether oxygens (including phenoxy) is 2. The first-order chi connectivity index (χ1) is 11.7. The van der Waals surface area contributed by atoms with E-state index in [9.17, 15) is 5.11 Å². The summed E-state index contributed by atoms with van der Waals surface area (Å²) in [5.41, 5.74) is 0.752. The smallest absolute Gasteiger partial charge is 0.230 e. The summed E-state index contributed by atoms with van der Waals surface area (Å²) in [6.07, 6.45) is 4.62. The van der Waals surface area contributed by atoms with E-state index in [2.05, 4.69) is 25.3 Å². The highest BCUT2D eigenvalue weighted by atomic mass is 16.5. The van der Waals surface area contributed by atoms with E-state index in [0.717, 1.165) is 32.0 Å². The lowest BCUT2D eigenvalue weighted by Gasteiger charge is -2.28. The number of aliphatic hydroxyl groups excluding tert-OH is 1. The lowest BCUT2D eigenvalue weighted by atomic mass is 10.3. The van der Waals surface area contributed by atoms with Crippen molar-refractivity contribution in [3.05, 3.63) is 24.7 Å². The summed E-state index contributed by atoms with van der Waals surface area (Å²) >= 11 is 0. The maximum atomic E-state index is 10.2. The Morgan fingerprint density at radius 1 is 1.38 bits per heavy atom. The van der Waals surface area contributed by atoms with E-state index in [1.165, 1.54) is 0 Å². The Balaban J connectivity index is 1.52. The fourth-order valence-electron chi connectivity index (χ4n) is 2.53. The fraction of sp³-hybridized carbons (Fsp3) is 0.533. The molecule has 130 valence electrons. The Hall–Kier alpha value is -2.23. The highest BCUT2D eigenvalue weighted by molar-refractivity contribution is 5.50. The van der Waals surface area contributed by atoms with Crippen LogP contribution >= 0.6 is 0 Å². The zero-order chi connectivity index (χ0) is 16.8. The van der Waals surface area contributed by atoms with Gasteiger partial charge in [0.25, 0.3) is 0 Å². The van der Waals surface area contributed by atoms with Crippen LogP contribution in [0.2, 0.25) is 0 Å². The van der Waals surface area contributed by atoms with Crippen LogP contribution in [0.25, 0.3) is 0 Å². The molecule has 2 aromatic heterocycles. The van der Waals surface area contributed by atoms with Gasteiger partial charge < -0.3 is 19.9 Å². The Kier molecular flexibility index (Phi) is 5.57. The molecule has 0 aliphatic carbocycles. The molecule has 0 bridgehead atoms. The number of aromatic nitrogens is 4. The Labute approximate surface area is 140 Å². The Bertz CT molecular complexity index is 644. The standard InChI is InChI=1S/C15H22N6O3/c1-23-14-2-3-16-15(19-14)18-12-8-17-21(9-12)11-13(22)10-20-4-6-24-7-5-20/h2-3,8-9,13,22H,4-7,10-11H2,1H3,(H,16,18,19). The molecule has 1 aliphatic rings. The molecule has 9 nitrogen and oxygen atoms in total. The van der Waals surface area contributed by atoms with Crippen LogP contribution in [0.4, 0.5) is 11.6 Å². The number of aliphatic hydroxyl groups is 1. The summed E-state index contributed by atoms with van der Waals surface area (Å²) in [5.74, 6) is 0.920. The van der Waals surface area contributed by atoms with Crippen molar-refractivity contribution in [3.63, 3.8) is 0 Å². The van der Waals surface area contributed by atoms with Crippen molar-refractivity contribution in [3.8, 4) is 5.88 Å². The Morgan fingerprint density at radius 2 is 2.21 bits per heavy atom. The molecule has 1 fully saturated rings. The van der Waals surface area contributed by atoms with Crippen LogP contribution in [-0.4, -0.2) is 75.8 Å². The van der Waals surface area contributed by atoms with Crippen molar-refractivity contribution < 1.29 is 14.6 Å². The van der Waals surface area contributed by atoms with Gasteiger partial charge in [0.2, 0.25) is 11.8 Å². The predicted octanol–water partition coefficient (Wildman–Crippen LogP) is 0.118. The summed E-state index contributed by atoms with van der Waals surface area (Å²) in [4.78, 5) is 10.5. The molecule has 0 radical (unpaired) electrons. The number of hydrogen-bond acceptors (Lipinski definition) is 8. The number of nitrogens with one attached hydrogen (secondary N) is 1. The second kappa shape index (κ2) is 8.04. The lowest BCUT2D eigenvalue weighted by Crippen LogP contribution is -2.42. The van der Waals surface area contributed by atoms with Crippen LogP contribution < -0.4 is 10.1 Å². The molecule has 2 N–H and O–H groups in total. The van der Waals surface area contributed by atoms with Crippen LogP contribution in [0.1, 0.15) is 0 Å². The molecular weight excluding hydrogens is 312 g/mol. The van der Waals surface area contributed by atoms with Crippen molar-refractivity contribution in [2.24, 2.45) is 0 Å². The van der Waals surface area contributed by atoms with Gasteiger partial charge in [-0.3, -0.25) is 9.58 Å². The zero-order valence-corrected chi connectivity index (χ0v) is 13.6. The SMILES string of the molecule is COc1ccnc(Nc2cnn(CC(O)CN3CCOCC3)c2)n1. The van der Waals surface area contributed by atoms with Gasteiger partial charge in [-0.1, -0.05) is 0 Å². The van der Waals surface area contributed by atoms with Gasteiger partial charge in [-0.15, -0.1) is 0 Å². The minimum absolute atomic E-state index is 0.429. The maximum absolute atomic E-state index is 10.2. The van der Waals surface area contributed by atoms with Gasteiger partial charge in [-0.2, -0.15) is 10.1 Å². The first-order valence-corrected chi connectivity index (χ1v) is 7.87. The third kappa shape index (κ3) is 4.63. The van der Waals surface area contributed by atoms with Crippen LogP contribution in [0.3, 0.4) is 0 Å². The molecule has 0 amide bonds. The van der Waals surface area contributed by atoms with E-state index in [0.29, 0.717) is 24.9 Å². The van der Waals surface area contributed by atoms with Gasteiger partial charge in [-0.05, 0) is 0 Å². The van der Waals surface area contributed by atoms with Gasteiger partial charge in [0.15, 0.2) is 0 Å². The number of morpholine rings is 1. The summed E-state index contributed by atoms with van der Waals surface area (Å²) in [5, 5.41) is 17.5. The molecule has 0 spiro atoms. The molecule has 24 heavy (non-hydrogen) atoms. The highest BCUT2D eigenvalue weighted by Crippen LogP contribution is 2.14. The van der Waals surface area contributed by atoms with E-state index in [4.69, 9.17) is 9.47 Å². The van der Waals surface area contributed by atoms with Crippen molar-refractivity contribution in [2.45, 2.75) is 12.6 Å². The summed E-state index contributed by atoms with van der Waals surface area (Å²) in [6, 6.07) is 1.68.